The van der Waals surface area contributed by atoms with Crippen molar-refractivity contribution in [2.24, 2.45) is 0 Å². The molecule has 2 N–H and O–H groups in total. The quantitative estimate of drug-likeness (QED) is 0.577. The first-order valence-electron chi connectivity index (χ1n) is 10.3. The number of benzene rings is 3. The third-order valence-corrected chi connectivity index (χ3v) is 6.63. The van der Waals surface area contributed by atoms with Crippen molar-refractivity contribution in [3.8, 4) is 0 Å². The highest BCUT2D eigenvalue weighted by Gasteiger charge is 2.24. The van der Waals surface area contributed by atoms with Gasteiger partial charge in [-0.1, -0.05) is 48.5 Å². The monoisotopic (exact) mass is 449 g/mol. The van der Waals surface area contributed by atoms with Gasteiger partial charge in [0.05, 0.1) is 16.3 Å². The maximum atomic E-state index is 12.9. The van der Waals surface area contributed by atoms with Crippen LogP contribution in [-0.4, -0.2) is 26.8 Å². The fourth-order valence-electron chi connectivity index (χ4n) is 3.57. The SMILES string of the molecule is O=C(Nc1ccccc1N1CCCC1=O)c1cccc(S(=O)(=O)NCc2ccccc2)c1. The molecule has 7 nitrogen and oxygen atoms in total. The van der Waals surface area contributed by atoms with E-state index in [0.29, 0.717) is 24.3 Å². The van der Waals surface area contributed by atoms with E-state index in [1.165, 1.54) is 18.2 Å². The molecule has 32 heavy (non-hydrogen) atoms. The number of carbonyl (C=O) groups is 2. The van der Waals surface area contributed by atoms with Gasteiger partial charge in [0, 0.05) is 25.1 Å². The summed E-state index contributed by atoms with van der Waals surface area (Å²) in [6.07, 6.45) is 1.26. The van der Waals surface area contributed by atoms with Gasteiger partial charge in [0.2, 0.25) is 15.9 Å². The maximum absolute atomic E-state index is 12.9. The number of hydrogen-bond acceptors (Lipinski definition) is 4. The molecule has 3 aromatic carbocycles. The Hall–Kier alpha value is -3.49. The number of sulfonamides is 1. The van der Waals surface area contributed by atoms with Crippen molar-refractivity contribution in [2.75, 3.05) is 16.8 Å². The van der Waals surface area contributed by atoms with Gasteiger partial charge in [0.1, 0.15) is 0 Å². The Morgan fingerprint density at radius 2 is 1.69 bits per heavy atom. The molecule has 1 heterocycles. The van der Waals surface area contributed by atoms with Crippen LogP contribution in [0.25, 0.3) is 0 Å². The van der Waals surface area contributed by atoms with Gasteiger partial charge in [-0.05, 0) is 42.3 Å². The average molecular weight is 450 g/mol. The van der Waals surface area contributed by atoms with Gasteiger partial charge in [-0.3, -0.25) is 9.59 Å². The summed E-state index contributed by atoms with van der Waals surface area (Å²) in [5, 5.41) is 2.81. The van der Waals surface area contributed by atoms with E-state index >= 15 is 0 Å². The first kappa shape index (κ1) is 21.7. The van der Waals surface area contributed by atoms with Gasteiger partial charge in [-0.25, -0.2) is 13.1 Å². The van der Waals surface area contributed by atoms with Crippen LogP contribution in [0.15, 0.2) is 83.8 Å². The summed E-state index contributed by atoms with van der Waals surface area (Å²) < 4.78 is 28.0. The molecule has 0 radical (unpaired) electrons. The van der Waals surface area contributed by atoms with Crippen LogP contribution >= 0.6 is 0 Å². The van der Waals surface area contributed by atoms with E-state index in [2.05, 4.69) is 10.0 Å². The summed E-state index contributed by atoms with van der Waals surface area (Å²) in [6.45, 7) is 0.753. The number of rotatable bonds is 7. The van der Waals surface area contributed by atoms with E-state index in [9.17, 15) is 18.0 Å². The van der Waals surface area contributed by atoms with Crippen LogP contribution in [0.1, 0.15) is 28.8 Å². The summed E-state index contributed by atoms with van der Waals surface area (Å²) in [5.41, 5.74) is 2.17. The second kappa shape index (κ2) is 9.33. The lowest BCUT2D eigenvalue weighted by Gasteiger charge is -2.20. The van der Waals surface area contributed by atoms with Crippen molar-refractivity contribution in [1.82, 2.24) is 4.72 Å². The Morgan fingerprint density at radius 1 is 0.938 bits per heavy atom. The number of amides is 2. The maximum Gasteiger partial charge on any atom is 0.255 e. The van der Waals surface area contributed by atoms with E-state index in [4.69, 9.17) is 0 Å². The first-order valence-corrected chi connectivity index (χ1v) is 11.8. The van der Waals surface area contributed by atoms with E-state index in [1.807, 2.05) is 36.4 Å². The standard InChI is InChI=1S/C24H23N3O4S/c28-23-14-7-15-27(23)22-13-5-4-12-21(22)26-24(29)19-10-6-11-20(16-19)32(30,31)25-17-18-8-2-1-3-9-18/h1-6,8-13,16,25H,7,14-15,17H2,(H,26,29). The van der Waals surface area contributed by atoms with Crippen molar-refractivity contribution in [3.05, 3.63) is 90.0 Å². The van der Waals surface area contributed by atoms with Crippen LogP contribution in [0.3, 0.4) is 0 Å². The van der Waals surface area contributed by atoms with Crippen molar-refractivity contribution < 1.29 is 18.0 Å². The molecule has 8 heteroatoms. The van der Waals surface area contributed by atoms with Crippen LogP contribution in [0.4, 0.5) is 11.4 Å². The predicted molar refractivity (Wildman–Crippen MR) is 123 cm³/mol. The highest BCUT2D eigenvalue weighted by Crippen LogP contribution is 2.29. The van der Waals surface area contributed by atoms with Crippen molar-refractivity contribution in [2.45, 2.75) is 24.3 Å². The molecule has 3 aromatic rings. The summed E-state index contributed by atoms with van der Waals surface area (Å²) in [7, 11) is -3.80. The number of anilines is 2. The zero-order chi connectivity index (χ0) is 22.6. The summed E-state index contributed by atoms with van der Waals surface area (Å²) in [5.74, 6) is -0.437. The largest absolute Gasteiger partial charge is 0.320 e. The molecule has 0 unspecified atom stereocenters. The minimum atomic E-state index is -3.80. The molecule has 0 aromatic heterocycles. The Bertz CT molecular complexity index is 1240. The van der Waals surface area contributed by atoms with E-state index in [-0.39, 0.29) is 22.9 Å². The Morgan fingerprint density at radius 3 is 2.44 bits per heavy atom. The van der Waals surface area contributed by atoms with Crippen molar-refractivity contribution in [1.29, 1.82) is 0 Å². The third-order valence-electron chi connectivity index (χ3n) is 5.23. The number of nitrogens with zero attached hydrogens (tertiary/aromatic N) is 1. The van der Waals surface area contributed by atoms with Crippen LogP contribution in [0.5, 0.6) is 0 Å². The zero-order valence-electron chi connectivity index (χ0n) is 17.3. The Labute approximate surface area is 187 Å². The molecular formula is C24H23N3O4S. The molecule has 4 rings (SSSR count). The van der Waals surface area contributed by atoms with Crippen molar-refractivity contribution >= 4 is 33.2 Å². The molecule has 0 atom stereocenters. The van der Waals surface area contributed by atoms with E-state index in [0.717, 1.165) is 12.0 Å². The molecule has 1 saturated heterocycles. The number of hydrogen-bond donors (Lipinski definition) is 2. The second-order valence-electron chi connectivity index (χ2n) is 7.46. The zero-order valence-corrected chi connectivity index (χ0v) is 18.1. The predicted octanol–water partition coefficient (Wildman–Crippen LogP) is 3.54. The molecule has 1 fully saturated rings. The highest BCUT2D eigenvalue weighted by molar-refractivity contribution is 7.89. The molecule has 1 aliphatic heterocycles. The third kappa shape index (κ3) is 4.87. The molecule has 0 bridgehead atoms. The molecule has 0 aliphatic carbocycles. The average Bonchev–Trinajstić information content (AvgIpc) is 3.24. The lowest BCUT2D eigenvalue weighted by atomic mass is 10.2. The lowest BCUT2D eigenvalue weighted by Crippen LogP contribution is -2.26. The van der Waals surface area contributed by atoms with Crippen LogP contribution in [0.2, 0.25) is 0 Å². The van der Waals surface area contributed by atoms with Crippen LogP contribution in [0, 0.1) is 0 Å². The summed E-state index contributed by atoms with van der Waals surface area (Å²) >= 11 is 0. The fourth-order valence-corrected chi connectivity index (χ4v) is 4.64. The van der Waals surface area contributed by atoms with Crippen LogP contribution < -0.4 is 14.9 Å². The van der Waals surface area contributed by atoms with Gasteiger partial charge in [-0.15, -0.1) is 0 Å². The Kier molecular flexibility index (Phi) is 6.34. The van der Waals surface area contributed by atoms with Crippen LogP contribution in [-0.2, 0) is 21.4 Å². The van der Waals surface area contributed by atoms with Crippen molar-refractivity contribution in [3.63, 3.8) is 0 Å². The molecule has 1 aliphatic rings. The van der Waals surface area contributed by atoms with Gasteiger partial charge >= 0.3 is 0 Å². The topological polar surface area (TPSA) is 95.6 Å². The van der Waals surface area contributed by atoms with E-state index in [1.54, 1.807) is 29.2 Å². The minimum absolute atomic E-state index is 0.00378. The smallest absolute Gasteiger partial charge is 0.255 e. The number of carbonyl (C=O) groups excluding carboxylic acids is 2. The summed E-state index contributed by atoms with van der Waals surface area (Å²) in [4.78, 5) is 26.7. The molecule has 0 spiro atoms. The summed E-state index contributed by atoms with van der Waals surface area (Å²) in [6, 6.07) is 22.1. The number of nitrogens with one attached hydrogen (secondary N) is 2. The number of para-hydroxylation sites is 2. The fraction of sp³-hybridized carbons (Fsp3) is 0.167. The van der Waals surface area contributed by atoms with Gasteiger partial charge in [0.25, 0.3) is 5.91 Å². The van der Waals surface area contributed by atoms with E-state index < -0.39 is 15.9 Å². The normalized spacial score (nSPS) is 13.9. The Balaban J connectivity index is 1.51. The molecule has 0 saturated carbocycles. The van der Waals surface area contributed by atoms with Gasteiger partial charge < -0.3 is 10.2 Å². The lowest BCUT2D eigenvalue weighted by molar-refractivity contribution is -0.117. The first-order chi connectivity index (χ1) is 15.4. The minimum Gasteiger partial charge on any atom is -0.320 e. The molecular weight excluding hydrogens is 426 g/mol. The highest BCUT2D eigenvalue weighted by atomic mass is 32.2. The second-order valence-corrected chi connectivity index (χ2v) is 9.23. The molecule has 164 valence electrons. The van der Waals surface area contributed by atoms with Gasteiger partial charge in [-0.2, -0.15) is 0 Å². The molecule has 2 amide bonds. The van der Waals surface area contributed by atoms with Gasteiger partial charge in [0.15, 0.2) is 0 Å².